The average Bonchev–Trinajstić information content (AvgIpc) is 1.36. The second-order valence-electron chi connectivity index (χ2n) is 20.5. The molecule has 470 valence electrons. The van der Waals surface area contributed by atoms with Crippen LogP contribution in [0.1, 0.15) is 62.9 Å². The Morgan fingerprint density at radius 3 is 2.30 bits per heavy atom. The van der Waals surface area contributed by atoms with Crippen molar-refractivity contribution in [2.45, 2.75) is 182 Å². The van der Waals surface area contributed by atoms with Crippen molar-refractivity contribution in [1.29, 1.82) is 0 Å². The second-order valence-corrected chi connectivity index (χ2v) is 27.2. The Hall–Kier alpha value is -2.07. The van der Waals surface area contributed by atoms with E-state index in [9.17, 15) is 40.2 Å². The minimum Gasteiger partial charge on any atom is -0.492 e. The molecule has 24 nitrogen and oxygen atoms in total. The molecule has 84 heavy (non-hydrogen) atoms. The van der Waals surface area contributed by atoms with Crippen LogP contribution in [0.5, 0.6) is 17.2 Å². The molecule has 2 aliphatic carbocycles. The number of thioether (sulfide) groups is 1. The number of carbonyl (C=O) groups is 2. The van der Waals surface area contributed by atoms with Gasteiger partial charge in [0.05, 0.1) is 90.3 Å². The summed E-state index contributed by atoms with van der Waals surface area (Å²) in [7, 11) is 11.5. The lowest BCUT2D eigenvalue weighted by atomic mass is 9.68. The Morgan fingerprint density at radius 2 is 1.63 bits per heavy atom. The maximum absolute atomic E-state index is 14.4. The van der Waals surface area contributed by atoms with Gasteiger partial charge >= 0.3 is 0 Å². The zero-order chi connectivity index (χ0) is 61.2. The molecule has 0 amide bonds. The summed E-state index contributed by atoms with van der Waals surface area (Å²) in [5, 5.41) is 73.9. The van der Waals surface area contributed by atoms with Crippen molar-refractivity contribution >= 4 is 76.7 Å². The number of rotatable bonds is 24. The summed E-state index contributed by atoms with van der Waals surface area (Å²) in [6, 6.07) is -2.46. The van der Waals surface area contributed by atoms with Gasteiger partial charge < -0.3 is 92.8 Å². The van der Waals surface area contributed by atoms with Gasteiger partial charge in [0.2, 0.25) is 23.6 Å². The molecule has 2 bridgehead atoms. The first-order chi connectivity index (χ1) is 40.2. The van der Waals surface area contributed by atoms with Gasteiger partial charge in [0, 0.05) is 45.8 Å². The SMILES string of the molecule is CCNC1COC(OC2C(O[C@H]3C#C/C=C\C#C[C@]4(O)CC(=O)C(NC(O)OC)C3/C4=C\CSSSC)OC(C)C(NOC3CC(O)C(SC(=O)c4c(C)c(I)c(OC5OC(C)C(O)C(OC)C5O)c(OC)c4OC)C(C)O3)C2O)CC1OC. The van der Waals surface area contributed by atoms with E-state index in [1.165, 1.54) is 61.2 Å². The van der Waals surface area contributed by atoms with Crippen LogP contribution >= 0.6 is 65.8 Å². The molecule has 20 unspecified atom stereocenters. The highest BCUT2D eigenvalue weighted by atomic mass is 127. The smallest absolute Gasteiger partial charge is 0.229 e. The van der Waals surface area contributed by atoms with Gasteiger partial charge in [-0.25, -0.2) is 0 Å². The van der Waals surface area contributed by atoms with Crippen molar-refractivity contribution in [2.75, 3.05) is 60.7 Å². The van der Waals surface area contributed by atoms with E-state index in [1.807, 2.05) is 35.8 Å². The first-order valence-corrected chi connectivity index (χ1v) is 33.3. The molecule has 1 aromatic rings. The highest BCUT2D eigenvalue weighted by Crippen LogP contribution is 2.49. The maximum Gasteiger partial charge on any atom is 0.229 e. The predicted molar refractivity (Wildman–Crippen MR) is 320 cm³/mol. The number of benzene rings is 1. The molecule has 7 rings (SSSR count). The monoisotopic (exact) mass is 1370 g/mol. The van der Waals surface area contributed by atoms with Crippen LogP contribution in [0.4, 0.5) is 0 Å². The number of ketones is 1. The number of hydrogen-bond donors (Lipinski definition) is 9. The molecule has 0 spiro atoms. The molecule has 6 aliphatic rings. The Bertz CT molecular complexity index is 2580. The van der Waals surface area contributed by atoms with Crippen molar-refractivity contribution in [3.05, 3.63) is 38.5 Å². The van der Waals surface area contributed by atoms with Crippen LogP contribution in [-0.2, 0) is 52.3 Å². The van der Waals surface area contributed by atoms with Crippen LogP contribution < -0.4 is 30.3 Å². The van der Waals surface area contributed by atoms with Crippen LogP contribution in [0, 0.1) is 40.1 Å². The predicted octanol–water partition coefficient (Wildman–Crippen LogP) is 2.08. The van der Waals surface area contributed by atoms with Crippen LogP contribution in [0.2, 0.25) is 0 Å². The van der Waals surface area contributed by atoms with Crippen molar-refractivity contribution in [2.24, 2.45) is 5.92 Å². The quantitative estimate of drug-likeness (QED) is 0.0136. The number of hydroxylamine groups is 1. The van der Waals surface area contributed by atoms with E-state index in [4.69, 9.17) is 61.7 Å². The van der Waals surface area contributed by atoms with Crippen LogP contribution in [0.3, 0.4) is 0 Å². The van der Waals surface area contributed by atoms with E-state index in [2.05, 4.69) is 39.8 Å². The van der Waals surface area contributed by atoms with E-state index in [1.54, 1.807) is 51.7 Å². The number of allylic oxidation sites excluding steroid dienone is 2. The Morgan fingerprint density at radius 1 is 0.905 bits per heavy atom. The number of aliphatic hydroxyl groups excluding tert-OH is 5. The normalized spacial score (nSPS) is 38.2. The van der Waals surface area contributed by atoms with Crippen LogP contribution in [0.15, 0.2) is 23.8 Å². The lowest BCUT2D eigenvalue weighted by Crippen LogP contribution is -2.66. The zero-order valence-corrected chi connectivity index (χ0v) is 53.8. The lowest BCUT2D eigenvalue weighted by Gasteiger charge is -2.48. The number of fused-ring (bicyclic) bond motifs is 2. The summed E-state index contributed by atoms with van der Waals surface area (Å²) >= 11 is 2.84. The van der Waals surface area contributed by atoms with Crippen LogP contribution in [0.25, 0.3) is 0 Å². The molecule has 4 saturated heterocycles. The summed E-state index contributed by atoms with van der Waals surface area (Å²) in [6.45, 7) is 9.48. The third kappa shape index (κ3) is 16.1. The van der Waals surface area contributed by atoms with Gasteiger partial charge in [0.1, 0.15) is 36.6 Å². The molecule has 4 heterocycles. The Kier molecular flexibility index (Phi) is 26.5. The molecule has 22 atom stereocenters. The van der Waals surface area contributed by atoms with E-state index in [0.29, 0.717) is 27.0 Å². The number of ether oxygens (including phenoxy) is 12. The maximum atomic E-state index is 14.4. The molecule has 0 aromatic heterocycles. The van der Waals surface area contributed by atoms with E-state index >= 15 is 0 Å². The van der Waals surface area contributed by atoms with Crippen molar-refractivity contribution < 1.29 is 102 Å². The van der Waals surface area contributed by atoms with Crippen molar-refractivity contribution in [1.82, 2.24) is 16.1 Å². The molecule has 29 heteroatoms. The lowest BCUT2D eigenvalue weighted by molar-refractivity contribution is -0.339. The van der Waals surface area contributed by atoms with Crippen LogP contribution in [-0.4, -0.2) is 230 Å². The number of halogens is 1. The number of nitrogens with one attached hydrogen (secondary N) is 3. The van der Waals surface area contributed by atoms with Gasteiger partial charge in [-0.1, -0.05) is 70.0 Å². The molecule has 4 aliphatic heterocycles. The highest BCUT2D eigenvalue weighted by Gasteiger charge is 2.55. The summed E-state index contributed by atoms with van der Waals surface area (Å²) in [5.74, 6) is 10.7. The van der Waals surface area contributed by atoms with E-state index in [0.717, 1.165) is 11.8 Å². The summed E-state index contributed by atoms with van der Waals surface area (Å²) in [5.41, 5.74) is 1.84. The van der Waals surface area contributed by atoms with Gasteiger partial charge in [-0.15, -0.1) is 0 Å². The second kappa shape index (κ2) is 32.1. The fourth-order valence-corrected chi connectivity index (χ4v) is 15.2. The summed E-state index contributed by atoms with van der Waals surface area (Å²) in [6.07, 6.45) is -11.8. The molecular weight excluding hydrogens is 1290 g/mol. The number of Topliss-reactive ketones (excluding diaryl/α,β-unsaturated/α-hetero) is 1. The van der Waals surface area contributed by atoms with Gasteiger partial charge in [0.25, 0.3) is 0 Å². The number of aliphatic hydroxyl groups is 6. The molecule has 9 N–H and O–H groups in total. The first kappa shape index (κ1) is 69.4. The molecule has 1 aromatic carbocycles. The fourth-order valence-electron chi connectivity index (χ4n) is 11.0. The van der Waals surface area contributed by atoms with Gasteiger partial charge in [-0.2, -0.15) is 5.48 Å². The first-order valence-electron chi connectivity index (χ1n) is 27.3. The minimum atomic E-state index is -1.97. The third-order valence-corrected chi connectivity index (χ3v) is 21.7. The number of hydrogen-bond acceptors (Lipinski definition) is 28. The van der Waals surface area contributed by atoms with Gasteiger partial charge in [-0.05, 0) is 96.2 Å². The summed E-state index contributed by atoms with van der Waals surface area (Å²) in [4.78, 5) is 34.8. The highest BCUT2D eigenvalue weighted by molar-refractivity contribution is 14.1. The van der Waals surface area contributed by atoms with Gasteiger partial charge in [0.15, 0.2) is 41.8 Å². The molecule has 0 radical (unpaired) electrons. The number of likely N-dealkylation sites (N-methyl/N-ethyl adjacent to an activating group) is 1. The fraction of sp³-hybridized carbons (Fsp3) is 0.709. The summed E-state index contributed by atoms with van der Waals surface area (Å²) < 4.78 is 73.0. The third-order valence-electron chi connectivity index (χ3n) is 15.3. The van der Waals surface area contributed by atoms with Crippen molar-refractivity contribution in [3.8, 4) is 40.9 Å². The van der Waals surface area contributed by atoms with E-state index in [-0.39, 0.29) is 54.4 Å². The molecular formula is C55H78IN3O21S4. The van der Waals surface area contributed by atoms with Crippen molar-refractivity contribution in [3.63, 3.8) is 0 Å². The Balaban J connectivity index is 1.11. The Labute approximate surface area is 519 Å². The molecule has 5 fully saturated rings. The number of methoxy groups -OCH3 is 5. The standard InChI is InChI=1S/C55H78IN3O21S4/c1-12-57-30-24-73-35(22-34(30)68-6)78-48-43(63)40(26(3)75-53(48)77-33-17-15-13-14-16-19-55(67)23-32(61)41(58-54(66)72-10)38(33)29(55)18-20-82-84-81-11)59-80-36-21-31(60)50(28(5)74-36)83-51(65)37-25(2)39(56)46(49(71-9)45(37)69-7)79-52-44(64)47(70-8)42(62)27(4)76-52/h13-14,18,26-28,30-31,33-36,38,40-44,47-48,50,52-54,57-60,62-64,66-67H,12,20-24H2,1-11H3/b14-13-,29-18+/t26?,27?,28?,30?,31?,33-,34?,35?,36?,38?,40?,41?,42?,43?,44?,47?,48?,50?,52?,53?,54?,55-/m0/s1. The topological polar surface area (TPSA) is 312 Å². The zero-order valence-electron chi connectivity index (χ0n) is 48.4. The van der Waals surface area contributed by atoms with E-state index < -0.39 is 139 Å². The average molecular weight is 1370 g/mol. The largest absolute Gasteiger partial charge is 0.492 e. The van der Waals surface area contributed by atoms with Gasteiger partial charge in [-0.3, -0.25) is 19.7 Å². The molecule has 1 saturated carbocycles. The minimum absolute atomic E-state index is 0.0319. The number of carbonyl (C=O) groups excluding carboxylic acids is 2.